The van der Waals surface area contributed by atoms with Crippen LogP contribution in [0.15, 0.2) is 42.5 Å². The standard InChI is InChI=1S/C25H26O8/c1-24(2)32-22(28)25(23(29)33-24)17(14-9-10-21(31-4)19(27)11-14)12-15(26)13-18(25)16-7-5-6-8-20(16)30-3/h5-11,17-18,27H,12-13H2,1-4H3/t17-,18+/m1/s1. The molecule has 174 valence electrons. The molecule has 8 heteroatoms. The second-order valence-corrected chi connectivity index (χ2v) is 8.77. The molecule has 2 atom stereocenters. The molecule has 0 aromatic heterocycles. The van der Waals surface area contributed by atoms with E-state index in [-0.39, 0.29) is 30.1 Å². The number of ether oxygens (including phenoxy) is 4. The van der Waals surface area contributed by atoms with Crippen molar-refractivity contribution in [1.29, 1.82) is 0 Å². The molecule has 1 heterocycles. The highest BCUT2D eigenvalue weighted by atomic mass is 16.7. The average Bonchev–Trinajstić information content (AvgIpc) is 2.76. The van der Waals surface area contributed by atoms with Crippen LogP contribution in [-0.4, -0.2) is 42.8 Å². The Kier molecular flexibility index (Phi) is 5.56. The van der Waals surface area contributed by atoms with Crippen LogP contribution < -0.4 is 9.47 Å². The van der Waals surface area contributed by atoms with Crippen molar-refractivity contribution in [2.45, 2.75) is 44.3 Å². The van der Waals surface area contributed by atoms with E-state index in [2.05, 4.69) is 0 Å². The quantitative estimate of drug-likeness (QED) is 0.553. The largest absolute Gasteiger partial charge is 0.504 e. The van der Waals surface area contributed by atoms with Crippen LogP contribution in [0, 0.1) is 5.41 Å². The lowest BCUT2D eigenvalue weighted by Gasteiger charge is -2.50. The number of para-hydroxylation sites is 1. The summed E-state index contributed by atoms with van der Waals surface area (Å²) in [6, 6.07) is 11.5. The zero-order valence-corrected chi connectivity index (χ0v) is 18.9. The Balaban J connectivity index is 1.97. The summed E-state index contributed by atoms with van der Waals surface area (Å²) in [4.78, 5) is 40.4. The van der Waals surface area contributed by atoms with Crippen LogP contribution in [0.4, 0.5) is 0 Å². The molecule has 1 aliphatic heterocycles. The number of carbonyl (C=O) groups excluding carboxylic acids is 3. The summed E-state index contributed by atoms with van der Waals surface area (Å²) in [6.45, 7) is 2.96. The molecule has 0 bridgehead atoms. The topological polar surface area (TPSA) is 108 Å². The maximum Gasteiger partial charge on any atom is 0.328 e. The maximum absolute atomic E-state index is 13.7. The molecule has 0 radical (unpaired) electrons. The van der Waals surface area contributed by atoms with Crippen LogP contribution in [-0.2, 0) is 23.9 Å². The van der Waals surface area contributed by atoms with E-state index < -0.39 is 35.0 Å². The van der Waals surface area contributed by atoms with Crippen LogP contribution in [0.3, 0.4) is 0 Å². The summed E-state index contributed by atoms with van der Waals surface area (Å²) in [5, 5.41) is 10.4. The highest BCUT2D eigenvalue weighted by Gasteiger charge is 2.67. The SMILES string of the molecule is COc1ccc([C@H]2CC(=O)C[C@@H](c3ccccc3OC)C23C(=O)OC(C)(C)OC3=O)cc1O. The van der Waals surface area contributed by atoms with E-state index in [0.29, 0.717) is 16.9 Å². The van der Waals surface area contributed by atoms with E-state index >= 15 is 0 Å². The summed E-state index contributed by atoms with van der Waals surface area (Å²) in [5.74, 6) is -4.44. The van der Waals surface area contributed by atoms with Gasteiger partial charge in [0.2, 0.25) is 0 Å². The molecule has 2 aromatic rings. The first-order chi connectivity index (χ1) is 15.6. The van der Waals surface area contributed by atoms with Crippen molar-refractivity contribution in [3.63, 3.8) is 0 Å². The number of benzene rings is 2. The van der Waals surface area contributed by atoms with Gasteiger partial charge in [-0.05, 0) is 29.3 Å². The summed E-state index contributed by atoms with van der Waals surface area (Å²) in [6.07, 6.45) is -0.161. The second-order valence-electron chi connectivity index (χ2n) is 8.77. The number of carbonyl (C=O) groups is 3. The predicted octanol–water partition coefficient (Wildman–Crippen LogP) is 3.46. The third kappa shape index (κ3) is 3.59. The van der Waals surface area contributed by atoms with E-state index in [1.807, 2.05) is 0 Å². The normalized spacial score (nSPS) is 23.6. The molecular formula is C25H26O8. The van der Waals surface area contributed by atoms with Crippen LogP contribution >= 0.6 is 0 Å². The van der Waals surface area contributed by atoms with E-state index in [0.717, 1.165) is 0 Å². The first-order valence-electron chi connectivity index (χ1n) is 10.6. The molecule has 33 heavy (non-hydrogen) atoms. The molecule has 2 aliphatic rings. The van der Waals surface area contributed by atoms with Gasteiger partial charge in [-0.2, -0.15) is 0 Å². The minimum atomic E-state index is -1.85. The van der Waals surface area contributed by atoms with Gasteiger partial charge in [0.1, 0.15) is 11.5 Å². The molecule has 1 saturated carbocycles. The molecule has 2 fully saturated rings. The lowest BCUT2D eigenvalue weighted by molar-refractivity contribution is -0.256. The summed E-state index contributed by atoms with van der Waals surface area (Å²) in [5.41, 5.74) is -0.890. The number of phenolic OH excluding ortho intramolecular Hbond substituents is 1. The highest BCUT2D eigenvalue weighted by Crippen LogP contribution is 2.59. The number of ketones is 1. The number of hydrogen-bond donors (Lipinski definition) is 1. The average molecular weight is 454 g/mol. The predicted molar refractivity (Wildman–Crippen MR) is 116 cm³/mol. The molecule has 2 aromatic carbocycles. The van der Waals surface area contributed by atoms with Gasteiger partial charge in [-0.1, -0.05) is 24.3 Å². The smallest absolute Gasteiger partial charge is 0.328 e. The molecule has 1 N–H and O–H groups in total. The van der Waals surface area contributed by atoms with Crippen molar-refractivity contribution in [3.8, 4) is 17.2 Å². The van der Waals surface area contributed by atoms with Crippen molar-refractivity contribution < 1.29 is 38.4 Å². The number of hydrogen-bond acceptors (Lipinski definition) is 8. The van der Waals surface area contributed by atoms with Gasteiger partial charge in [0.25, 0.3) is 5.79 Å². The van der Waals surface area contributed by atoms with Crippen molar-refractivity contribution >= 4 is 17.7 Å². The number of aromatic hydroxyl groups is 1. The van der Waals surface area contributed by atoms with Crippen molar-refractivity contribution in [1.82, 2.24) is 0 Å². The van der Waals surface area contributed by atoms with Crippen LogP contribution in [0.25, 0.3) is 0 Å². The van der Waals surface area contributed by atoms with E-state index in [1.165, 1.54) is 40.2 Å². The Morgan fingerprint density at radius 3 is 2.09 bits per heavy atom. The Labute approximate surface area is 191 Å². The van der Waals surface area contributed by atoms with Crippen molar-refractivity contribution in [3.05, 3.63) is 53.6 Å². The van der Waals surface area contributed by atoms with Gasteiger partial charge in [-0.15, -0.1) is 0 Å². The number of esters is 2. The van der Waals surface area contributed by atoms with Crippen molar-refractivity contribution in [2.24, 2.45) is 5.41 Å². The van der Waals surface area contributed by atoms with Gasteiger partial charge >= 0.3 is 11.9 Å². The Hall–Kier alpha value is -3.55. The third-order valence-corrected chi connectivity index (χ3v) is 6.44. The molecule has 8 nitrogen and oxygen atoms in total. The van der Waals surface area contributed by atoms with Crippen molar-refractivity contribution in [2.75, 3.05) is 14.2 Å². The fourth-order valence-corrected chi connectivity index (χ4v) is 5.01. The molecular weight excluding hydrogens is 428 g/mol. The number of methoxy groups -OCH3 is 2. The minimum absolute atomic E-state index is 0.0658. The first-order valence-corrected chi connectivity index (χ1v) is 10.6. The molecule has 4 rings (SSSR count). The summed E-state index contributed by atoms with van der Waals surface area (Å²) < 4.78 is 21.8. The third-order valence-electron chi connectivity index (χ3n) is 6.44. The molecule has 1 spiro atoms. The zero-order valence-electron chi connectivity index (χ0n) is 18.9. The van der Waals surface area contributed by atoms with Crippen LogP contribution in [0.5, 0.6) is 17.2 Å². The fraction of sp³-hybridized carbons (Fsp3) is 0.400. The zero-order chi connectivity index (χ0) is 24.0. The Bertz CT molecular complexity index is 1100. The van der Waals surface area contributed by atoms with Crippen LogP contribution in [0.1, 0.15) is 49.7 Å². The lowest BCUT2D eigenvalue weighted by Crippen LogP contribution is -2.61. The van der Waals surface area contributed by atoms with E-state index in [9.17, 15) is 19.5 Å². The minimum Gasteiger partial charge on any atom is -0.504 e. The maximum atomic E-state index is 13.7. The second kappa shape index (κ2) is 8.10. The Morgan fingerprint density at radius 2 is 1.48 bits per heavy atom. The Morgan fingerprint density at radius 1 is 0.879 bits per heavy atom. The van der Waals surface area contributed by atoms with Gasteiger partial charge < -0.3 is 24.1 Å². The number of phenols is 1. The van der Waals surface area contributed by atoms with Gasteiger partial charge in [0.05, 0.1) is 14.2 Å². The van der Waals surface area contributed by atoms with Crippen LogP contribution in [0.2, 0.25) is 0 Å². The molecule has 0 amide bonds. The monoisotopic (exact) mass is 454 g/mol. The lowest BCUT2D eigenvalue weighted by atomic mass is 9.55. The van der Waals surface area contributed by atoms with E-state index in [4.69, 9.17) is 18.9 Å². The number of cyclic esters (lactones) is 2. The first kappa shape index (κ1) is 22.6. The van der Waals surface area contributed by atoms with E-state index in [1.54, 1.807) is 30.3 Å². The molecule has 0 unspecified atom stereocenters. The van der Waals surface area contributed by atoms with Gasteiger partial charge in [-0.25, -0.2) is 0 Å². The van der Waals surface area contributed by atoms with Gasteiger partial charge in [0, 0.05) is 38.5 Å². The summed E-state index contributed by atoms with van der Waals surface area (Å²) in [7, 11) is 2.89. The fourth-order valence-electron chi connectivity index (χ4n) is 5.01. The van der Waals surface area contributed by atoms with Gasteiger partial charge in [-0.3, -0.25) is 14.4 Å². The summed E-state index contributed by atoms with van der Waals surface area (Å²) >= 11 is 0. The number of rotatable bonds is 4. The molecule has 1 aliphatic carbocycles. The number of Topliss-reactive ketones (excluding diaryl/α,β-unsaturated/α-hetero) is 1. The van der Waals surface area contributed by atoms with Gasteiger partial charge in [0.15, 0.2) is 16.9 Å². The highest BCUT2D eigenvalue weighted by molar-refractivity contribution is 6.06. The molecule has 1 saturated heterocycles.